The maximum atomic E-state index is 14.1. The number of anilines is 1. The molecule has 3 amide bonds. The number of fused-ring (bicyclic) bond motifs is 1. The van der Waals surface area contributed by atoms with Crippen molar-refractivity contribution >= 4 is 23.4 Å². The van der Waals surface area contributed by atoms with Gasteiger partial charge < -0.3 is 29.7 Å². The van der Waals surface area contributed by atoms with Crippen LogP contribution >= 0.6 is 0 Å². The van der Waals surface area contributed by atoms with Crippen molar-refractivity contribution in [2.45, 2.75) is 88.2 Å². The molecule has 0 radical (unpaired) electrons. The van der Waals surface area contributed by atoms with E-state index in [0.717, 1.165) is 32.1 Å². The Morgan fingerprint density at radius 3 is 2.74 bits per heavy atom. The summed E-state index contributed by atoms with van der Waals surface area (Å²) in [7, 11) is 1.58. The van der Waals surface area contributed by atoms with Gasteiger partial charge in [-0.05, 0) is 56.6 Å². The SMILES string of the molecule is COc1cccc(NC(=O)C2C3CCC4(O3)C2C(=O)N(CC2CCCO2)C4C(=O)NC2CCCCC2C)c1. The molecule has 2 bridgehead atoms. The zero-order valence-corrected chi connectivity index (χ0v) is 22.3. The predicted molar refractivity (Wildman–Crippen MR) is 139 cm³/mol. The molecule has 6 rings (SSSR count). The standard InChI is InChI=1S/C29H39N3O6/c1-17-7-3-4-11-21(17)31-27(34)25-29-13-12-22(38-29)23(26(33)30-18-8-5-9-19(15-18)36-2)24(29)28(35)32(25)16-20-10-6-14-37-20/h5,8-9,15,17,20-25H,3-4,6-7,10-14,16H2,1-2H3,(H,30,33)(H,31,34). The molecular weight excluding hydrogens is 486 g/mol. The molecule has 4 aliphatic heterocycles. The highest BCUT2D eigenvalue weighted by Gasteiger charge is 2.74. The molecule has 0 aromatic heterocycles. The molecule has 1 saturated carbocycles. The molecule has 206 valence electrons. The average molecular weight is 526 g/mol. The first-order chi connectivity index (χ1) is 18.4. The van der Waals surface area contributed by atoms with Gasteiger partial charge in [0.1, 0.15) is 17.4 Å². The molecule has 1 aromatic carbocycles. The first kappa shape index (κ1) is 25.6. The monoisotopic (exact) mass is 525 g/mol. The van der Waals surface area contributed by atoms with Crippen LogP contribution in [-0.2, 0) is 23.9 Å². The smallest absolute Gasteiger partial charge is 0.246 e. The van der Waals surface area contributed by atoms with E-state index in [9.17, 15) is 14.4 Å². The normalized spacial score (nSPS) is 37.8. The Balaban J connectivity index is 1.28. The van der Waals surface area contributed by atoms with Crippen molar-refractivity contribution in [3.63, 3.8) is 0 Å². The number of ether oxygens (including phenoxy) is 3. The first-order valence-electron chi connectivity index (χ1n) is 14.3. The number of carbonyl (C=O) groups excluding carboxylic acids is 3. The third kappa shape index (κ3) is 4.28. The molecule has 38 heavy (non-hydrogen) atoms. The molecule has 5 fully saturated rings. The second kappa shape index (κ2) is 10.2. The van der Waals surface area contributed by atoms with Crippen LogP contribution in [0, 0.1) is 17.8 Å². The van der Waals surface area contributed by atoms with Crippen LogP contribution in [0.1, 0.15) is 58.3 Å². The number of carbonyl (C=O) groups is 3. The molecule has 8 atom stereocenters. The topological polar surface area (TPSA) is 106 Å². The molecule has 1 aromatic rings. The summed E-state index contributed by atoms with van der Waals surface area (Å²) in [5.74, 6) is -0.864. The predicted octanol–water partition coefficient (Wildman–Crippen LogP) is 2.88. The highest BCUT2D eigenvalue weighted by Crippen LogP contribution is 2.58. The maximum Gasteiger partial charge on any atom is 0.246 e. The Bertz CT molecular complexity index is 1090. The van der Waals surface area contributed by atoms with Crippen LogP contribution < -0.4 is 15.4 Å². The third-order valence-corrected chi connectivity index (χ3v) is 9.55. The van der Waals surface area contributed by atoms with Gasteiger partial charge in [0.05, 0.1) is 31.2 Å². The molecular formula is C29H39N3O6. The molecule has 8 unspecified atom stereocenters. The lowest BCUT2D eigenvalue weighted by molar-refractivity contribution is -0.143. The van der Waals surface area contributed by atoms with E-state index in [2.05, 4.69) is 17.6 Å². The van der Waals surface area contributed by atoms with E-state index in [1.165, 1.54) is 6.42 Å². The molecule has 9 heteroatoms. The second-order valence-electron chi connectivity index (χ2n) is 11.8. The van der Waals surface area contributed by atoms with Gasteiger partial charge in [0.2, 0.25) is 17.7 Å². The first-order valence-corrected chi connectivity index (χ1v) is 14.3. The number of hydrogen-bond acceptors (Lipinski definition) is 6. The lowest BCUT2D eigenvalue weighted by Gasteiger charge is -2.37. The number of rotatable bonds is 7. The van der Waals surface area contributed by atoms with E-state index < -0.39 is 23.5 Å². The van der Waals surface area contributed by atoms with Crippen molar-refractivity contribution in [2.75, 3.05) is 25.6 Å². The van der Waals surface area contributed by atoms with E-state index in [1.54, 1.807) is 24.1 Å². The van der Waals surface area contributed by atoms with Gasteiger partial charge in [-0.25, -0.2) is 0 Å². The van der Waals surface area contributed by atoms with Crippen molar-refractivity contribution in [1.29, 1.82) is 0 Å². The van der Waals surface area contributed by atoms with Gasteiger partial charge in [-0.1, -0.05) is 25.8 Å². The van der Waals surface area contributed by atoms with Gasteiger partial charge >= 0.3 is 0 Å². The highest BCUT2D eigenvalue weighted by molar-refractivity contribution is 6.02. The second-order valence-corrected chi connectivity index (χ2v) is 11.8. The quantitative estimate of drug-likeness (QED) is 0.567. The summed E-state index contributed by atoms with van der Waals surface area (Å²) in [5, 5.41) is 6.29. The van der Waals surface area contributed by atoms with Gasteiger partial charge in [-0.2, -0.15) is 0 Å². The lowest BCUT2D eigenvalue weighted by Crippen LogP contribution is -2.58. The van der Waals surface area contributed by atoms with Gasteiger partial charge in [0, 0.05) is 30.9 Å². The van der Waals surface area contributed by atoms with Crippen LogP contribution in [0.2, 0.25) is 0 Å². The minimum absolute atomic E-state index is 0.0946. The van der Waals surface area contributed by atoms with Crippen LogP contribution in [0.3, 0.4) is 0 Å². The number of likely N-dealkylation sites (tertiary alicyclic amines) is 1. The van der Waals surface area contributed by atoms with E-state index in [1.807, 2.05) is 12.1 Å². The summed E-state index contributed by atoms with van der Waals surface area (Å²) < 4.78 is 17.7. The van der Waals surface area contributed by atoms with Crippen LogP contribution in [0.4, 0.5) is 5.69 Å². The number of benzene rings is 1. The van der Waals surface area contributed by atoms with Crippen LogP contribution in [0.15, 0.2) is 24.3 Å². The Hall–Kier alpha value is -2.65. The maximum absolute atomic E-state index is 14.1. The zero-order chi connectivity index (χ0) is 26.4. The summed E-state index contributed by atoms with van der Waals surface area (Å²) in [6, 6.07) is 6.51. The Kier molecular flexibility index (Phi) is 6.84. The minimum atomic E-state index is -0.987. The minimum Gasteiger partial charge on any atom is -0.497 e. The number of hydrogen-bond donors (Lipinski definition) is 2. The Labute approximate surface area is 223 Å². The fourth-order valence-corrected chi connectivity index (χ4v) is 7.68. The summed E-state index contributed by atoms with van der Waals surface area (Å²) in [5.41, 5.74) is -0.382. The summed E-state index contributed by atoms with van der Waals surface area (Å²) in [4.78, 5) is 43.5. The van der Waals surface area contributed by atoms with Gasteiger partial charge in [0.15, 0.2) is 0 Å². The Morgan fingerprint density at radius 2 is 1.97 bits per heavy atom. The molecule has 5 aliphatic rings. The van der Waals surface area contributed by atoms with E-state index in [-0.39, 0.29) is 36.0 Å². The summed E-state index contributed by atoms with van der Waals surface area (Å²) in [6.45, 7) is 3.21. The molecule has 1 spiro atoms. The highest BCUT2D eigenvalue weighted by atomic mass is 16.5. The Morgan fingerprint density at radius 1 is 1.13 bits per heavy atom. The largest absolute Gasteiger partial charge is 0.497 e. The molecule has 4 heterocycles. The van der Waals surface area contributed by atoms with E-state index in [4.69, 9.17) is 14.2 Å². The zero-order valence-electron chi connectivity index (χ0n) is 22.3. The summed E-state index contributed by atoms with van der Waals surface area (Å²) in [6.07, 6.45) is 6.88. The fraction of sp³-hybridized carbons (Fsp3) is 0.690. The van der Waals surface area contributed by atoms with E-state index >= 15 is 0 Å². The van der Waals surface area contributed by atoms with Crippen LogP contribution in [-0.4, -0.2) is 72.8 Å². The number of nitrogens with one attached hydrogen (secondary N) is 2. The lowest BCUT2D eigenvalue weighted by atomic mass is 9.70. The molecule has 2 N–H and O–H groups in total. The third-order valence-electron chi connectivity index (χ3n) is 9.55. The molecule has 1 aliphatic carbocycles. The van der Waals surface area contributed by atoms with Gasteiger partial charge in [-0.3, -0.25) is 14.4 Å². The van der Waals surface area contributed by atoms with Gasteiger partial charge in [-0.15, -0.1) is 0 Å². The molecule has 4 saturated heterocycles. The summed E-state index contributed by atoms with van der Waals surface area (Å²) >= 11 is 0. The van der Waals surface area contributed by atoms with Gasteiger partial charge in [0.25, 0.3) is 0 Å². The number of methoxy groups -OCH3 is 1. The number of nitrogens with zero attached hydrogens (tertiary/aromatic N) is 1. The average Bonchev–Trinajstić information content (AvgIpc) is 3.69. The van der Waals surface area contributed by atoms with Crippen molar-refractivity contribution in [3.8, 4) is 5.75 Å². The van der Waals surface area contributed by atoms with Crippen molar-refractivity contribution in [2.24, 2.45) is 17.8 Å². The van der Waals surface area contributed by atoms with Crippen LogP contribution in [0.5, 0.6) is 5.75 Å². The number of amides is 3. The van der Waals surface area contributed by atoms with E-state index in [0.29, 0.717) is 43.3 Å². The molecule has 9 nitrogen and oxygen atoms in total. The van der Waals surface area contributed by atoms with Crippen molar-refractivity contribution < 1.29 is 28.6 Å². The van der Waals surface area contributed by atoms with Crippen molar-refractivity contribution in [3.05, 3.63) is 24.3 Å². The van der Waals surface area contributed by atoms with Crippen molar-refractivity contribution in [1.82, 2.24) is 10.2 Å². The fourth-order valence-electron chi connectivity index (χ4n) is 7.68. The van der Waals surface area contributed by atoms with Crippen LogP contribution in [0.25, 0.3) is 0 Å².